The van der Waals surface area contributed by atoms with E-state index in [9.17, 15) is 33.6 Å². The van der Waals surface area contributed by atoms with Crippen molar-refractivity contribution in [3.05, 3.63) is 29.8 Å². The van der Waals surface area contributed by atoms with Crippen LogP contribution in [0.3, 0.4) is 0 Å². The zero-order chi connectivity index (χ0) is 39.1. The number of hydrogen-bond acceptors (Lipinski definition) is 13. The second-order valence-corrected chi connectivity index (χ2v) is 13.1. The van der Waals surface area contributed by atoms with Crippen LogP contribution in [0.5, 0.6) is 0 Å². The zero-order valence-corrected chi connectivity index (χ0v) is 31.8. The van der Waals surface area contributed by atoms with Gasteiger partial charge in [-0.05, 0) is 23.6 Å². The Hall–Kier alpha value is -4.15. The Morgan fingerprint density at radius 1 is 0.769 bits per heavy atom. The Morgan fingerprint density at radius 2 is 1.33 bits per heavy atom. The van der Waals surface area contributed by atoms with Gasteiger partial charge in [0.2, 0.25) is 24.0 Å². The molecule has 16 nitrogen and oxygen atoms in total. The second kappa shape index (κ2) is 21.4. The first-order chi connectivity index (χ1) is 24.5. The normalized spacial score (nSPS) is 20.8. The van der Waals surface area contributed by atoms with Crippen LogP contribution >= 0.6 is 23.2 Å². The van der Waals surface area contributed by atoms with Crippen molar-refractivity contribution in [1.82, 2.24) is 16.0 Å². The molecule has 0 radical (unpaired) electrons. The maximum atomic E-state index is 13.9. The van der Waals surface area contributed by atoms with E-state index in [-0.39, 0.29) is 6.42 Å². The monoisotopic (exact) mass is 774 g/mol. The highest BCUT2D eigenvalue weighted by molar-refractivity contribution is 6.18. The number of nitrogens with one attached hydrogen (secondary N) is 3. The first-order valence-electron chi connectivity index (χ1n) is 16.6. The van der Waals surface area contributed by atoms with Crippen LogP contribution in [0.15, 0.2) is 24.3 Å². The van der Waals surface area contributed by atoms with E-state index in [4.69, 9.17) is 46.9 Å². The van der Waals surface area contributed by atoms with Crippen LogP contribution in [0.2, 0.25) is 0 Å². The number of benzene rings is 1. The fourth-order valence-corrected chi connectivity index (χ4v) is 5.88. The summed E-state index contributed by atoms with van der Waals surface area (Å²) in [6.07, 6.45) is -5.77. The summed E-state index contributed by atoms with van der Waals surface area (Å²) < 4.78 is 27.1. The molecule has 1 saturated heterocycles. The predicted octanol–water partition coefficient (Wildman–Crippen LogP) is 1.36. The fourth-order valence-electron chi connectivity index (χ4n) is 5.47. The van der Waals surface area contributed by atoms with Crippen LogP contribution in [-0.4, -0.2) is 116 Å². The summed E-state index contributed by atoms with van der Waals surface area (Å²) in [4.78, 5) is 89.9. The number of rotatable bonds is 18. The molecule has 7 atom stereocenters. The Labute approximate surface area is 312 Å². The number of carbonyl (C=O) groups is 7. The summed E-state index contributed by atoms with van der Waals surface area (Å²) in [6, 6.07) is 3.52. The average molecular weight is 776 g/mol. The van der Waals surface area contributed by atoms with E-state index >= 15 is 0 Å². The third-order valence-electron chi connectivity index (χ3n) is 7.68. The number of hydrogen-bond donors (Lipinski definition) is 3. The fraction of sp³-hybridized carbons (Fsp3) is 0.618. The smallest absolute Gasteiger partial charge is 0.305 e. The lowest BCUT2D eigenvalue weighted by Gasteiger charge is -2.44. The number of alkyl halides is 2. The van der Waals surface area contributed by atoms with Crippen LogP contribution in [0.1, 0.15) is 54.0 Å². The Kier molecular flexibility index (Phi) is 18.1. The van der Waals surface area contributed by atoms with Crippen LogP contribution in [-0.2, 0) is 63.7 Å². The molecule has 0 saturated carbocycles. The van der Waals surface area contributed by atoms with Gasteiger partial charge in [-0.15, -0.1) is 23.2 Å². The molecule has 3 amide bonds. The van der Waals surface area contributed by atoms with E-state index in [0.29, 0.717) is 30.4 Å². The maximum absolute atomic E-state index is 13.9. The topological polar surface area (TPSA) is 205 Å². The molecule has 3 N–H and O–H groups in total. The summed E-state index contributed by atoms with van der Waals surface area (Å²) in [6.45, 7) is 9.62. The largest absolute Gasteiger partial charge is 0.463 e. The molecule has 0 aromatic heterocycles. The number of carbonyl (C=O) groups excluding carboxylic acids is 7. The van der Waals surface area contributed by atoms with Crippen molar-refractivity contribution in [2.24, 2.45) is 5.92 Å². The van der Waals surface area contributed by atoms with Gasteiger partial charge >= 0.3 is 23.9 Å². The molecule has 0 bridgehead atoms. The minimum atomic E-state index is -1.62. The first kappa shape index (κ1) is 44.0. The highest BCUT2D eigenvalue weighted by Crippen LogP contribution is 2.28. The van der Waals surface area contributed by atoms with E-state index in [2.05, 4.69) is 16.0 Å². The third-order valence-corrected chi connectivity index (χ3v) is 8.02. The summed E-state index contributed by atoms with van der Waals surface area (Å²) in [5.74, 6) is -4.90. The van der Waals surface area contributed by atoms with Gasteiger partial charge in [-0.25, -0.2) is 0 Å². The van der Waals surface area contributed by atoms with Crippen LogP contribution in [0.25, 0.3) is 0 Å². The molecule has 1 aromatic rings. The molecule has 2 rings (SSSR count). The van der Waals surface area contributed by atoms with Crippen LogP contribution < -0.4 is 20.9 Å². The average Bonchev–Trinajstić information content (AvgIpc) is 3.04. The van der Waals surface area contributed by atoms with E-state index in [1.54, 1.807) is 26.0 Å². The summed E-state index contributed by atoms with van der Waals surface area (Å²) in [5.41, 5.74) is 1.59. The molecule has 0 unspecified atom stereocenters. The Balaban J connectivity index is 2.40. The van der Waals surface area contributed by atoms with Crippen LogP contribution in [0, 0.1) is 5.92 Å². The highest BCUT2D eigenvalue weighted by Gasteiger charge is 2.53. The molecule has 1 fully saturated rings. The summed E-state index contributed by atoms with van der Waals surface area (Å²) in [5, 5.41) is 7.95. The Morgan fingerprint density at radius 3 is 1.81 bits per heavy atom. The van der Waals surface area contributed by atoms with Crippen LogP contribution in [0.4, 0.5) is 5.69 Å². The zero-order valence-electron chi connectivity index (χ0n) is 30.3. The van der Waals surface area contributed by atoms with Gasteiger partial charge in [-0.1, -0.05) is 26.0 Å². The maximum Gasteiger partial charge on any atom is 0.305 e. The number of anilines is 1. The molecule has 1 aliphatic rings. The number of amides is 3. The van der Waals surface area contributed by atoms with Crippen molar-refractivity contribution in [3.63, 3.8) is 0 Å². The summed E-state index contributed by atoms with van der Waals surface area (Å²) in [7, 11) is 0. The number of halogens is 2. The van der Waals surface area contributed by atoms with Crippen molar-refractivity contribution in [3.8, 4) is 0 Å². The van der Waals surface area contributed by atoms with Gasteiger partial charge in [0, 0.05) is 71.6 Å². The molecule has 1 aliphatic heterocycles. The lowest BCUT2D eigenvalue weighted by Crippen LogP contribution is -2.68. The minimum Gasteiger partial charge on any atom is -0.463 e. The highest BCUT2D eigenvalue weighted by atomic mass is 35.5. The quantitative estimate of drug-likeness (QED) is 0.110. The van der Waals surface area contributed by atoms with Crippen molar-refractivity contribution >= 4 is 70.5 Å². The first-order valence-corrected chi connectivity index (χ1v) is 17.7. The van der Waals surface area contributed by atoms with E-state index < -0.39 is 96.9 Å². The lowest BCUT2D eigenvalue weighted by atomic mass is 9.94. The molecule has 290 valence electrons. The SMILES string of the molecule is CC(=O)N[C@H](Cc1ccc(N(CCCl)CCCl)cc1)C(=O)N[C@H](C(=O)N[C@@H]1[C@H](OC(C)=O)O[C@H](COC(C)=O)[C@@H](OC(C)=O)[C@H]1OC(C)=O)C(C)C. The van der Waals surface area contributed by atoms with Gasteiger partial charge in [-0.2, -0.15) is 0 Å². The van der Waals surface area contributed by atoms with Gasteiger partial charge in [0.15, 0.2) is 12.2 Å². The second-order valence-electron chi connectivity index (χ2n) is 12.4. The molecule has 0 spiro atoms. The van der Waals surface area contributed by atoms with Gasteiger partial charge in [-0.3, -0.25) is 33.6 Å². The van der Waals surface area contributed by atoms with Gasteiger partial charge < -0.3 is 44.5 Å². The molecule has 0 aliphatic carbocycles. The standard InChI is InChI=1S/C34H48Cl2N4O12/c1-18(2)28(38-32(46)26(37-19(3)41)16-24-8-10-25(11-9-24)40(14-12-35)15-13-36)33(47)39-29-31(50-22(6)44)30(49-21(5)43)27(17-48-20(4)42)52-34(29)51-23(7)45/h8-11,18,26-31,34H,12-17H2,1-7H3,(H,37,41)(H,38,46)(H,39,47)/t26-,27-,28+,29+,30-,31+,34-/m1/s1. The third kappa shape index (κ3) is 14.1. The van der Waals surface area contributed by atoms with Crippen molar-refractivity contribution in [2.75, 3.05) is 36.4 Å². The van der Waals surface area contributed by atoms with E-state index in [0.717, 1.165) is 33.4 Å². The molecule has 52 heavy (non-hydrogen) atoms. The molecular weight excluding hydrogens is 727 g/mol. The van der Waals surface area contributed by atoms with E-state index in [1.165, 1.54) is 6.92 Å². The van der Waals surface area contributed by atoms with E-state index in [1.807, 2.05) is 17.0 Å². The number of esters is 4. The molecule has 1 heterocycles. The lowest BCUT2D eigenvalue weighted by molar-refractivity contribution is -0.271. The van der Waals surface area contributed by atoms with Crippen molar-refractivity contribution in [1.29, 1.82) is 0 Å². The molecule has 1 aromatic carbocycles. The summed E-state index contributed by atoms with van der Waals surface area (Å²) >= 11 is 11.9. The van der Waals surface area contributed by atoms with Gasteiger partial charge in [0.1, 0.15) is 30.8 Å². The van der Waals surface area contributed by atoms with Gasteiger partial charge in [0.05, 0.1) is 0 Å². The minimum absolute atomic E-state index is 0.0798. The number of ether oxygens (including phenoxy) is 5. The Bertz CT molecular complexity index is 1410. The van der Waals surface area contributed by atoms with Crippen molar-refractivity contribution in [2.45, 2.75) is 97.6 Å². The van der Waals surface area contributed by atoms with Gasteiger partial charge in [0.25, 0.3) is 0 Å². The molecular formula is C34H48Cl2N4O12. The molecule has 18 heteroatoms. The predicted molar refractivity (Wildman–Crippen MR) is 188 cm³/mol. The number of nitrogens with zero attached hydrogens (tertiary/aromatic N) is 1. The van der Waals surface area contributed by atoms with Crippen molar-refractivity contribution < 1.29 is 57.2 Å².